The minimum atomic E-state index is -1.06. The van der Waals surface area contributed by atoms with Crippen molar-refractivity contribution in [1.82, 2.24) is 5.32 Å². The van der Waals surface area contributed by atoms with Crippen molar-refractivity contribution in [2.24, 2.45) is 0 Å². The van der Waals surface area contributed by atoms with Crippen LogP contribution in [0, 0.1) is 0 Å². The Bertz CT molecular complexity index is 1340. The molecule has 5 rings (SSSR count). The first-order valence-electron chi connectivity index (χ1n) is 13.0. The molecular formula is C30H32N2O7. The van der Waals surface area contributed by atoms with Crippen molar-refractivity contribution in [3.8, 4) is 28.7 Å². The number of rotatable bonds is 8. The number of anilines is 1. The van der Waals surface area contributed by atoms with Crippen LogP contribution in [0.5, 0.6) is 28.7 Å². The number of methoxy groups -OCH3 is 2. The molecule has 9 heteroatoms. The summed E-state index contributed by atoms with van der Waals surface area (Å²) >= 11 is 0. The monoisotopic (exact) mass is 532 g/mol. The highest BCUT2D eigenvalue weighted by Gasteiger charge is 2.36. The van der Waals surface area contributed by atoms with Gasteiger partial charge in [0.05, 0.1) is 14.2 Å². The van der Waals surface area contributed by atoms with E-state index in [4.69, 9.17) is 18.9 Å². The van der Waals surface area contributed by atoms with Crippen molar-refractivity contribution in [3.05, 3.63) is 71.8 Å². The highest BCUT2D eigenvalue weighted by molar-refractivity contribution is 6.10. The Balaban J connectivity index is 1.63. The van der Waals surface area contributed by atoms with E-state index in [1.165, 1.54) is 18.1 Å². The Morgan fingerprint density at radius 3 is 2.33 bits per heavy atom. The van der Waals surface area contributed by atoms with Gasteiger partial charge in [-0.15, -0.1) is 0 Å². The normalized spacial score (nSPS) is 15.3. The zero-order valence-electron chi connectivity index (χ0n) is 22.0. The molecule has 0 saturated heterocycles. The zero-order chi connectivity index (χ0) is 27.4. The van der Waals surface area contributed by atoms with E-state index in [2.05, 4.69) is 5.32 Å². The second kappa shape index (κ2) is 11.6. The molecule has 0 radical (unpaired) electrons. The minimum absolute atomic E-state index is 0.0288. The van der Waals surface area contributed by atoms with Gasteiger partial charge < -0.3 is 29.4 Å². The van der Waals surface area contributed by atoms with Crippen LogP contribution in [0.1, 0.15) is 47.6 Å². The van der Waals surface area contributed by atoms with Crippen LogP contribution in [0.15, 0.2) is 60.7 Å². The highest BCUT2D eigenvalue weighted by Crippen LogP contribution is 2.37. The SMILES string of the molecule is COc1ccc(N(C(=O)c2ccc3c(c2)OCCO3)[C@@H](C(=O)NC2CCCC2)c2ccc(O)c(OC)c2)cc1. The number of amides is 2. The van der Waals surface area contributed by atoms with Gasteiger partial charge in [-0.25, -0.2) is 0 Å². The number of phenols is 1. The summed E-state index contributed by atoms with van der Waals surface area (Å²) < 4.78 is 22.0. The lowest BCUT2D eigenvalue weighted by molar-refractivity contribution is -0.123. The lowest BCUT2D eigenvalue weighted by atomic mass is 10.00. The number of phenolic OH excluding ortho intramolecular Hbond substituents is 1. The predicted molar refractivity (Wildman–Crippen MR) is 145 cm³/mol. The Labute approximate surface area is 227 Å². The van der Waals surface area contributed by atoms with Crippen LogP contribution in [-0.4, -0.2) is 50.4 Å². The number of fused-ring (bicyclic) bond motifs is 1. The maximum absolute atomic E-state index is 14.3. The van der Waals surface area contributed by atoms with Gasteiger partial charge in [0.15, 0.2) is 23.0 Å². The number of hydrogen-bond donors (Lipinski definition) is 2. The fraction of sp³-hybridized carbons (Fsp3) is 0.333. The first-order valence-corrected chi connectivity index (χ1v) is 13.0. The molecule has 1 atom stereocenters. The standard InChI is InChI=1S/C30H32N2O7/c1-36-23-11-9-22(10-12-23)32(30(35)20-8-14-25-27(18-20)39-16-15-38-25)28(29(34)31-21-5-3-4-6-21)19-7-13-24(33)26(17-19)37-2/h7-14,17-18,21,28,33H,3-6,15-16H2,1-2H3,(H,31,34)/t28-/m1/s1. The van der Waals surface area contributed by atoms with Gasteiger partial charge in [0, 0.05) is 17.3 Å². The second-order valence-corrected chi connectivity index (χ2v) is 9.56. The molecule has 1 saturated carbocycles. The van der Waals surface area contributed by atoms with Crippen LogP contribution >= 0.6 is 0 Å². The van der Waals surface area contributed by atoms with E-state index in [-0.39, 0.29) is 23.4 Å². The second-order valence-electron chi connectivity index (χ2n) is 9.56. The fourth-order valence-electron chi connectivity index (χ4n) is 5.07. The zero-order valence-corrected chi connectivity index (χ0v) is 22.0. The number of nitrogens with zero attached hydrogens (tertiary/aromatic N) is 1. The molecule has 0 spiro atoms. The minimum Gasteiger partial charge on any atom is -0.504 e. The highest BCUT2D eigenvalue weighted by atomic mass is 16.6. The lowest BCUT2D eigenvalue weighted by Crippen LogP contribution is -2.46. The molecule has 39 heavy (non-hydrogen) atoms. The summed E-state index contributed by atoms with van der Waals surface area (Å²) in [6.07, 6.45) is 3.86. The lowest BCUT2D eigenvalue weighted by Gasteiger charge is -2.33. The van der Waals surface area contributed by atoms with Crippen molar-refractivity contribution in [2.75, 3.05) is 32.3 Å². The summed E-state index contributed by atoms with van der Waals surface area (Å²) in [5, 5.41) is 13.4. The van der Waals surface area contributed by atoms with Crippen LogP contribution < -0.4 is 29.2 Å². The van der Waals surface area contributed by atoms with Gasteiger partial charge in [0.1, 0.15) is 25.0 Å². The van der Waals surface area contributed by atoms with E-state index in [0.29, 0.717) is 47.3 Å². The Morgan fingerprint density at radius 2 is 1.64 bits per heavy atom. The summed E-state index contributed by atoms with van der Waals surface area (Å²) in [4.78, 5) is 29.8. The molecule has 2 amide bonds. The van der Waals surface area contributed by atoms with Crippen molar-refractivity contribution < 1.29 is 33.6 Å². The number of carbonyl (C=O) groups is 2. The summed E-state index contributed by atoms with van der Waals surface area (Å²) in [6.45, 7) is 0.816. The van der Waals surface area contributed by atoms with Gasteiger partial charge in [-0.05, 0) is 73.0 Å². The molecule has 0 unspecified atom stereocenters. The molecule has 2 N–H and O–H groups in total. The van der Waals surface area contributed by atoms with Gasteiger partial charge in [0.25, 0.3) is 5.91 Å². The van der Waals surface area contributed by atoms with E-state index in [9.17, 15) is 14.7 Å². The quantitative estimate of drug-likeness (QED) is 0.436. The third-order valence-corrected chi connectivity index (χ3v) is 7.09. The summed E-state index contributed by atoms with van der Waals surface area (Å²) in [7, 11) is 3.00. The molecule has 2 aliphatic rings. The average Bonchev–Trinajstić information content (AvgIpc) is 3.49. The molecule has 3 aromatic rings. The molecule has 1 aliphatic heterocycles. The third-order valence-electron chi connectivity index (χ3n) is 7.09. The van der Waals surface area contributed by atoms with Gasteiger partial charge in [-0.2, -0.15) is 0 Å². The third kappa shape index (κ3) is 5.57. The number of aromatic hydroxyl groups is 1. The van der Waals surface area contributed by atoms with Gasteiger partial charge in [-0.1, -0.05) is 18.9 Å². The largest absolute Gasteiger partial charge is 0.504 e. The van der Waals surface area contributed by atoms with Crippen LogP contribution in [0.4, 0.5) is 5.69 Å². The molecule has 1 fully saturated rings. The fourth-order valence-corrected chi connectivity index (χ4v) is 5.07. The number of hydrogen-bond acceptors (Lipinski definition) is 7. The van der Waals surface area contributed by atoms with Crippen LogP contribution in [-0.2, 0) is 4.79 Å². The number of benzene rings is 3. The van der Waals surface area contributed by atoms with E-state index in [1.807, 2.05) is 0 Å². The predicted octanol–water partition coefficient (Wildman–Crippen LogP) is 4.63. The first kappa shape index (κ1) is 26.2. The Kier molecular flexibility index (Phi) is 7.76. The molecule has 9 nitrogen and oxygen atoms in total. The molecule has 3 aromatic carbocycles. The molecule has 0 bridgehead atoms. The Hall–Kier alpha value is -4.40. The van der Waals surface area contributed by atoms with Crippen LogP contribution in [0.3, 0.4) is 0 Å². The number of nitrogens with one attached hydrogen (secondary N) is 1. The van der Waals surface area contributed by atoms with E-state index < -0.39 is 11.9 Å². The average molecular weight is 533 g/mol. The van der Waals surface area contributed by atoms with E-state index in [0.717, 1.165) is 25.7 Å². The van der Waals surface area contributed by atoms with Crippen LogP contribution in [0.2, 0.25) is 0 Å². The van der Waals surface area contributed by atoms with Crippen molar-refractivity contribution in [1.29, 1.82) is 0 Å². The van der Waals surface area contributed by atoms with E-state index in [1.54, 1.807) is 61.7 Å². The van der Waals surface area contributed by atoms with Crippen LogP contribution in [0.25, 0.3) is 0 Å². The Morgan fingerprint density at radius 1 is 0.923 bits per heavy atom. The summed E-state index contributed by atoms with van der Waals surface area (Å²) in [6, 6.07) is 15.6. The topological polar surface area (TPSA) is 107 Å². The first-order chi connectivity index (χ1) is 19.0. The van der Waals surface area contributed by atoms with E-state index >= 15 is 0 Å². The smallest absolute Gasteiger partial charge is 0.259 e. The van der Waals surface area contributed by atoms with Gasteiger partial charge in [0.2, 0.25) is 5.91 Å². The number of carbonyl (C=O) groups excluding carboxylic acids is 2. The van der Waals surface area contributed by atoms with Gasteiger partial charge in [-0.3, -0.25) is 14.5 Å². The number of ether oxygens (including phenoxy) is 4. The van der Waals surface area contributed by atoms with Crippen molar-refractivity contribution in [2.45, 2.75) is 37.8 Å². The van der Waals surface area contributed by atoms with Gasteiger partial charge >= 0.3 is 0 Å². The molecule has 0 aromatic heterocycles. The molecule has 204 valence electrons. The molecule has 1 heterocycles. The summed E-state index contributed by atoms with van der Waals surface area (Å²) in [5.74, 6) is 1.06. The summed E-state index contributed by atoms with van der Waals surface area (Å²) in [5.41, 5.74) is 1.32. The van der Waals surface area contributed by atoms with Crippen molar-refractivity contribution in [3.63, 3.8) is 0 Å². The van der Waals surface area contributed by atoms with Crippen molar-refractivity contribution >= 4 is 17.5 Å². The molecule has 1 aliphatic carbocycles. The maximum atomic E-state index is 14.3. The maximum Gasteiger partial charge on any atom is 0.259 e. The molecular weight excluding hydrogens is 500 g/mol.